The largest absolute Gasteiger partial charge is 0.463 e. The third kappa shape index (κ3) is 3.57. The van der Waals surface area contributed by atoms with Crippen LogP contribution in [-0.2, 0) is 23.8 Å². The predicted molar refractivity (Wildman–Crippen MR) is 137 cm³/mol. The van der Waals surface area contributed by atoms with Gasteiger partial charge in [-0.3, -0.25) is 9.59 Å². The lowest BCUT2D eigenvalue weighted by Crippen LogP contribution is -2.67. The Hall–Kier alpha value is -1.10. The third-order valence-corrected chi connectivity index (χ3v) is 12.7. The first-order valence-electron chi connectivity index (χ1n) is 15.2. The number of carbonyl (C=O) groups is 2. The smallest absolute Gasteiger partial charge is 0.314 e. The van der Waals surface area contributed by atoms with Gasteiger partial charge in [0, 0.05) is 12.3 Å². The van der Waals surface area contributed by atoms with Gasteiger partial charge in [0.25, 0.3) is 0 Å². The van der Waals surface area contributed by atoms with Gasteiger partial charge in [0.15, 0.2) is 0 Å². The van der Waals surface area contributed by atoms with Crippen LogP contribution in [0.5, 0.6) is 0 Å². The van der Waals surface area contributed by atoms with Crippen LogP contribution in [0, 0.1) is 58.2 Å². The van der Waals surface area contributed by atoms with E-state index in [9.17, 15) is 9.59 Å². The summed E-state index contributed by atoms with van der Waals surface area (Å²) >= 11 is 0. The minimum absolute atomic E-state index is 0.0349. The van der Waals surface area contributed by atoms with Crippen molar-refractivity contribution in [1.82, 2.24) is 0 Å². The fraction of sp³-hybridized carbons (Fsp3) is 0.935. The maximum Gasteiger partial charge on any atom is 0.314 e. The molecule has 12 atom stereocenters. The normalized spacial score (nSPS) is 49.9. The van der Waals surface area contributed by atoms with Gasteiger partial charge in [-0.25, -0.2) is 0 Å². The van der Waals surface area contributed by atoms with E-state index in [1.165, 1.54) is 38.5 Å². The number of esters is 2. The Bertz CT molecular complexity index is 884. The lowest BCUT2D eigenvalue weighted by atomic mass is 9.43. The van der Waals surface area contributed by atoms with E-state index in [-0.39, 0.29) is 41.8 Å². The molecule has 3 unspecified atom stereocenters. The topological polar surface area (TPSA) is 61.8 Å². The minimum Gasteiger partial charge on any atom is -0.463 e. The zero-order valence-corrected chi connectivity index (χ0v) is 23.2. The van der Waals surface area contributed by atoms with Gasteiger partial charge in [-0.15, -0.1) is 0 Å². The molecule has 7 rings (SSSR count). The summed E-state index contributed by atoms with van der Waals surface area (Å²) in [6, 6.07) is 0. The van der Waals surface area contributed by atoms with Crippen molar-refractivity contribution in [1.29, 1.82) is 0 Å². The van der Waals surface area contributed by atoms with E-state index in [0.717, 1.165) is 43.9 Å². The molecule has 1 spiro atoms. The quantitative estimate of drug-likeness (QED) is 0.402. The first-order valence-corrected chi connectivity index (χ1v) is 15.2. The molecule has 4 aliphatic carbocycles. The lowest BCUT2D eigenvalue weighted by Gasteiger charge is -2.65. The third-order valence-electron chi connectivity index (χ3n) is 12.7. The summed E-state index contributed by atoms with van der Waals surface area (Å²) in [4.78, 5) is 24.8. The second kappa shape index (κ2) is 8.99. The number of hydrogen-bond donors (Lipinski definition) is 0. The molecule has 0 aromatic carbocycles. The Morgan fingerprint density at radius 3 is 2.56 bits per heavy atom. The number of hydrogen-bond acceptors (Lipinski definition) is 5. The Morgan fingerprint density at radius 2 is 1.83 bits per heavy atom. The van der Waals surface area contributed by atoms with Crippen LogP contribution in [0.1, 0.15) is 105 Å². The molecule has 3 heterocycles. The van der Waals surface area contributed by atoms with Crippen LogP contribution in [0.3, 0.4) is 0 Å². The maximum atomic E-state index is 13.2. The van der Waals surface area contributed by atoms with Gasteiger partial charge in [0.05, 0.1) is 12.0 Å². The van der Waals surface area contributed by atoms with Crippen molar-refractivity contribution in [3.05, 3.63) is 0 Å². The van der Waals surface area contributed by atoms with Crippen LogP contribution in [-0.4, -0.2) is 30.4 Å². The summed E-state index contributed by atoms with van der Waals surface area (Å²) in [6.45, 7) is 11.0. The molecule has 2 bridgehead atoms. The summed E-state index contributed by atoms with van der Waals surface area (Å²) in [5.74, 6) is 4.24. The molecule has 0 aromatic heterocycles. The van der Waals surface area contributed by atoms with Crippen LogP contribution in [0.4, 0.5) is 0 Å². The van der Waals surface area contributed by atoms with E-state index < -0.39 is 0 Å². The standard InChI is InChI=1S/C31H48O5/c1-6-19(17(2)3)15-26-27-25-10-9-24-22-8-7-20-16-21(34-18(4)32)11-13-30(20,5)23(22)12-14-31(24,25)29(35-26)36-28(27)33/h17,19-27,29H,6-16H2,1-5H3/t19?,20-,21+,22+,23-,24-,25+,26+,27?,29?,30-,31+/m0/s1. The van der Waals surface area contributed by atoms with Crippen LogP contribution in [0.15, 0.2) is 0 Å². The van der Waals surface area contributed by atoms with E-state index >= 15 is 0 Å². The van der Waals surface area contributed by atoms with Crippen molar-refractivity contribution >= 4 is 11.9 Å². The monoisotopic (exact) mass is 500 g/mol. The van der Waals surface area contributed by atoms with E-state index in [1.807, 2.05) is 0 Å². The highest BCUT2D eigenvalue weighted by atomic mass is 16.7. The Balaban J connectivity index is 1.23. The van der Waals surface area contributed by atoms with Gasteiger partial charge >= 0.3 is 11.9 Å². The van der Waals surface area contributed by atoms with E-state index in [1.54, 1.807) is 6.92 Å². The molecule has 36 heavy (non-hydrogen) atoms. The number of ether oxygens (including phenoxy) is 3. The van der Waals surface area contributed by atoms with Crippen LogP contribution in [0.2, 0.25) is 0 Å². The summed E-state index contributed by atoms with van der Waals surface area (Å²) in [7, 11) is 0. The van der Waals surface area contributed by atoms with Gasteiger partial charge in [0.1, 0.15) is 6.10 Å². The zero-order chi connectivity index (χ0) is 25.4. The summed E-state index contributed by atoms with van der Waals surface area (Å²) in [6.07, 6.45) is 12.5. The van der Waals surface area contributed by atoms with Crippen molar-refractivity contribution in [2.45, 2.75) is 124 Å². The Labute approximate surface area is 217 Å². The van der Waals surface area contributed by atoms with Gasteiger partial charge < -0.3 is 14.2 Å². The zero-order valence-electron chi connectivity index (χ0n) is 23.2. The molecule has 3 aliphatic heterocycles. The SMILES string of the molecule is CCC(C[C@H]1OC2OC(=O)C1[C@H]1CC[C@H]3[C@@H]4CC[C@H]5C[C@H](OC(C)=O)CC[C@]5(C)[C@H]4CC[C@]213)C(C)C. The molecule has 3 saturated heterocycles. The lowest BCUT2D eigenvalue weighted by molar-refractivity contribution is -0.338. The average molecular weight is 501 g/mol. The van der Waals surface area contributed by atoms with E-state index in [0.29, 0.717) is 35.0 Å². The maximum absolute atomic E-state index is 13.2. The highest BCUT2D eigenvalue weighted by Gasteiger charge is 2.72. The molecule has 0 N–H and O–H groups in total. The van der Waals surface area contributed by atoms with E-state index in [2.05, 4.69) is 27.7 Å². The van der Waals surface area contributed by atoms with Crippen molar-refractivity contribution < 1.29 is 23.8 Å². The summed E-state index contributed by atoms with van der Waals surface area (Å²) in [5.41, 5.74) is 0.395. The van der Waals surface area contributed by atoms with Gasteiger partial charge in [-0.1, -0.05) is 34.1 Å². The second-order valence-electron chi connectivity index (χ2n) is 14.1. The van der Waals surface area contributed by atoms with Crippen LogP contribution >= 0.6 is 0 Å². The molecule has 0 radical (unpaired) electrons. The van der Waals surface area contributed by atoms with Gasteiger partial charge in [-0.05, 0) is 111 Å². The first kappa shape index (κ1) is 25.2. The minimum atomic E-state index is -0.326. The predicted octanol–water partition coefficient (Wildman–Crippen LogP) is 6.53. The van der Waals surface area contributed by atoms with Crippen molar-refractivity contribution in [2.24, 2.45) is 58.2 Å². The number of rotatable bonds is 5. The summed E-state index contributed by atoms with van der Waals surface area (Å²) < 4.78 is 18.6. The molecule has 7 aliphatic rings. The summed E-state index contributed by atoms with van der Waals surface area (Å²) in [5, 5.41) is 0. The van der Waals surface area contributed by atoms with Crippen LogP contribution in [0.25, 0.3) is 0 Å². The molecule has 0 amide bonds. The molecular formula is C31H48O5. The highest BCUT2D eigenvalue weighted by molar-refractivity contribution is 5.76. The number of fused-ring (bicyclic) bond motifs is 6. The highest BCUT2D eigenvalue weighted by Crippen LogP contribution is 2.72. The Morgan fingerprint density at radius 1 is 1.06 bits per heavy atom. The van der Waals surface area contributed by atoms with Crippen molar-refractivity contribution in [3.63, 3.8) is 0 Å². The van der Waals surface area contributed by atoms with Crippen LogP contribution < -0.4 is 0 Å². The van der Waals surface area contributed by atoms with Gasteiger partial charge in [-0.2, -0.15) is 0 Å². The number of carbonyl (C=O) groups excluding carboxylic acids is 2. The van der Waals surface area contributed by atoms with E-state index in [4.69, 9.17) is 14.2 Å². The molecular weight excluding hydrogens is 452 g/mol. The first-order chi connectivity index (χ1) is 17.2. The molecule has 202 valence electrons. The second-order valence-corrected chi connectivity index (χ2v) is 14.1. The van der Waals surface area contributed by atoms with Crippen molar-refractivity contribution in [2.75, 3.05) is 0 Å². The average Bonchev–Trinajstić information content (AvgIpc) is 3.24. The molecule has 5 nitrogen and oxygen atoms in total. The fourth-order valence-electron chi connectivity index (χ4n) is 11.0. The molecule has 7 fully saturated rings. The molecule has 4 saturated carbocycles. The van der Waals surface area contributed by atoms with Crippen molar-refractivity contribution in [3.8, 4) is 0 Å². The Kier molecular flexibility index (Phi) is 6.29. The fourth-order valence-corrected chi connectivity index (χ4v) is 11.0. The molecule has 0 aromatic rings. The van der Waals surface area contributed by atoms with Gasteiger partial charge in [0.2, 0.25) is 6.29 Å². The molecule has 5 heteroatoms.